The van der Waals surface area contributed by atoms with Gasteiger partial charge in [-0.05, 0) is 21.9 Å². The molecule has 2 heteroatoms. The predicted octanol–water partition coefficient (Wildman–Crippen LogP) is 2.70. The van der Waals surface area contributed by atoms with Crippen LogP contribution in [-0.2, 0) is 10.2 Å². The fourth-order valence-electron chi connectivity index (χ4n) is 3.20. The molecule has 2 N–H and O–H groups in total. The maximum atomic E-state index is 11.7. The summed E-state index contributed by atoms with van der Waals surface area (Å²) < 4.78 is 0. The molecular formula is C15H15NO. The Bertz CT molecular complexity index is 623. The number of hydrogen-bond donors (Lipinski definition) is 1. The van der Waals surface area contributed by atoms with E-state index in [1.807, 2.05) is 18.2 Å². The lowest BCUT2D eigenvalue weighted by Gasteiger charge is -2.26. The molecule has 3 rings (SSSR count). The van der Waals surface area contributed by atoms with E-state index in [1.54, 1.807) is 0 Å². The molecule has 0 radical (unpaired) electrons. The number of rotatable bonds is 1. The highest BCUT2D eigenvalue weighted by Crippen LogP contribution is 2.50. The minimum absolute atomic E-state index is 0.213. The molecule has 0 bridgehead atoms. The first-order valence-electron chi connectivity index (χ1n) is 5.85. The van der Waals surface area contributed by atoms with Gasteiger partial charge < -0.3 is 5.73 Å². The van der Waals surface area contributed by atoms with Gasteiger partial charge in [-0.3, -0.25) is 4.79 Å². The van der Waals surface area contributed by atoms with Crippen molar-refractivity contribution >= 4 is 16.7 Å². The molecular weight excluding hydrogens is 210 g/mol. The van der Waals surface area contributed by atoms with Gasteiger partial charge in [0.05, 0.1) is 5.92 Å². The molecule has 0 fully saturated rings. The van der Waals surface area contributed by atoms with Crippen LogP contribution in [0.1, 0.15) is 30.9 Å². The summed E-state index contributed by atoms with van der Waals surface area (Å²) in [4.78, 5) is 11.7. The Morgan fingerprint density at radius 3 is 2.47 bits per heavy atom. The summed E-state index contributed by atoms with van der Waals surface area (Å²) in [6, 6.07) is 12.3. The van der Waals surface area contributed by atoms with Crippen molar-refractivity contribution in [3.05, 3.63) is 47.5 Å². The van der Waals surface area contributed by atoms with Crippen LogP contribution in [-0.4, -0.2) is 5.91 Å². The third kappa shape index (κ3) is 1.18. The van der Waals surface area contributed by atoms with Crippen LogP contribution >= 0.6 is 0 Å². The van der Waals surface area contributed by atoms with Crippen molar-refractivity contribution in [3.63, 3.8) is 0 Å². The maximum absolute atomic E-state index is 11.7. The van der Waals surface area contributed by atoms with Gasteiger partial charge in [0.1, 0.15) is 0 Å². The molecule has 0 saturated heterocycles. The highest BCUT2D eigenvalue weighted by molar-refractivity contribution is 5.99. The molecule has 86 valence electrons. The fourth-order valence-corrected chi connectivity index (χ4v) is 3.20. The van der Waals surface area contributed by atoms with Gasteiger partial charge in [-0.1, -0.05) is 50.2 Å². The van der Waals surface area contributed by atoms with E-state index in [1.165, 1.54) is 16.3 Å². The molecule has 2 nitrogen and oxygen atoms in total. The highest BCUT2D eigenvalue weighted by Gasteiger charge is 2.43. The Labute approximate surface area is 100 Å². The average molecular weight is 225 g/mol. The lowest BCUT2D eigenvalue weighted by molar-refractivity contribution is -0.120. The number of benzene rings is 2. The lowest BCUT2D eigenvalue weighted by atomic mass is 9.76. The Morgan fingerprint density at radius 2 is 1.82 bits per heavy atom. The van der Waals surface area contributed by atoms with Crippen LogP contribution in [0.3, 0.4) is 0 Å². The zero-order valence-electron chi connectivity index (χ0n) is 10.0. The molecule has 1 aliphatic rings. The van der Waals surface area contributed by atoms with Crippen molar-refractivity contribution in [2.24, 2.45) is 5.73 Å². The number of nitrogens with two attached hydrogens (primary N) is 1. The molecule has 0 aliphatic heterocycles. The van der Waals surface area contributed by atoms with Crippen LogP contribution < -0.4 is 5.73 Å². The van der Waals surface area contributed by atoms with Crippen LogP contribution in [0, 0.1) is 0 Å². The smallest absolute Gasteiger partial charge is 0.225 e. The van der Waals surface area contributed by atoms with E-state index in [9.17, 15) is 4.79 Å². The first-order chi connectivity index (χ1) is 8.03. The Morgan fingerprint density at radius 1 is 1.18 bits per heavy atom. The van der Waals surface area contributed by atoms with E-state index in [-0.39, 0.29) is 17.2 Å². The number of carbonyl (C=O) groups excluding carboxylic acids is 1. The molecule has 1 amide bonds. The topological polar surface area (TPSA) is 43.1 Å². The van der Waals surface area contributed by atoms with Crippen LogP contribution in [0.4, 0.5) is 0 Å². The van der Waals surface area contributed by atoms with Crippen LogP contribution in [0.15, 0.2) is 36.4 Å². The van der Waals surface area contributed by atoms with Crippen molar-refractivity contribution in [2.45, 2.75) is 25.2 Å². The standard InChI is InChI=1S/C15H15NO/c1-15(2)11-8-4-6-9-5-3-7-10(12(9)11)13(15)14(16)17/h3-8,13H,1-2H3,(H2,16,17)/t13-/m0/s1. The van der Waals surface area contributed by atoms with Gasteiger partial charge in [0.25, 0.3) is 0 Å². The Balaban J connectivity index is 2.45. The van der Waals surface area contributed by atoms with Crippen LogP contribution in [0.2, 0.25) is 0 Å². The highest BCUT2D eigenvalue weighted by atomic mass is 16.1. The van der Waals surface area contributed by atoms with Crippen molar-refractivity contribution in [2.75, 3.05) is 0 Å². The fraction of sp³-hybridized carbons (Fsp3) is 0.267. The molecule has 0 aromatic heterocycles. The van der Waals surface area contributed by atoms with Crippen molar-refractivity contribution in [1.82, 2.24) is 0 Å². The molecule has 0 spiro atoms. The second kappa shape index (κ2) is 3.10. The summed E-state index contributed by atoms with van der Waals surface area (Å²) in [6.45, 7) is 4.19. The average Bonchev–Trinajstić information content (AvgIpc) is 2.50. The predicted molar refractivity (Wildman–Crippen MR) is 68.9 cm³/mol. The van der Waals surface area contributed by atoms with Crippen LogP contribution in [0.5, 0.6) is 0 Å². The van der Waals surface area contributed by atoms with E-state index >= 15 is 0 Å². The molecule has 2 aromatic rings. The SMILES string of the molecule is CC1(C)c2cccc3cccc(c23)[C@H]1C(N)=O. The van der Waals surface area contributed by atoms with E-state index in [0.29, 0.717) is 0 Å². The van der Waals surface area contributed by atoms with Crippen molar-refractivity contribution in [3.8, 4) is 0 Å². The van der Waals surface area contributed by atoms with Crippen LogP contribution in [0.25, 0.3) is 10.8 Å². The normalized spacial score (nSPS) is 20.7. The van der Waals surface area contributed by atoms with Crippen molar-refractivity contribution < 1.29 is 4.79 Å². The monoisotopic (exact) mass is 225 g/mol. The zero-order chi connectivity index (χ0) is 12.2. The second-order valence-electron chi connectivity index (χ2n) is 5.31. The molecule has 17 heavy (non-hydrogen) atoms. The van der Waals surface area contributed by atoms with Gasteiger partial charge in [0.15, 0.2) is 0 Å². The Hall–Kier alpha value is -1.83. The molecule has 0 unspecified atom stereocenters. The number of primary amides is 1. The van der Waals surface area contributed by atoms with Gasteiger partial charge in [-0.15, -0.1) is 0 Å². The van der Waals surface area contributed by atoms with Gasteiger partial charge in [-0.25, -0.2) is 0 Å². The first kappa shape index (κ1) is 10.3. The van der Waals surface area contributed by atoms with Gasteiger partial charge in [0.2, 0.25) is 5.91 Å². The summed E-state index contributed by atoms with van der Waals surface area (Å²) in [5.74, 6) is -0.456. The lowest BCUT2D eigenvalue weighted by Crippen LogP contribution is -2.33. The van der Waals surface area contributed by atoms with E-state index in [4.69, 9.17) is 5.73 Å². The first-order valence-corrected chi connectivity index (χ1v) is 5.85. The molecule has 1 atom stereocenters. The van der Waals surface area contributed by atoms with Gasteiger partial charge in [0, 0.05) is 5.41 Å². The zero-order valence-corrected chi connectivity index (χ0v) is 10.0. The van der Waals surface area contributed by atoms with Gasteiger partial charge >= 0.3 is 0 Å². The second-order valence-corrected chi connectivity index (χ2v) is 5.31. The molecule has 0 saturated carbocycles. The van der Waals surface area contributed by atoms with Crippen molar-refractivity contribution in [1.29, 1.82) is 0 Å². The van der Waals surface area contributed by atoms with Gasteiger partial charge in [-0.2, -0.15) is 0 Å². The summed E-state index contributed by atoms with van der Waals surface area (Å²) in [5.41, 5.74) is 7.69. The quantitative estimate of drug-likeness (QED) is 0.796. The summed E-state index contributed by atoms with van der Waals surface area (Å²) in [5, 5.41) is 2.40. The molecule has 1 aliphatic carbocycles. The van der Waals surface area contributed by atoms with E-state index < -0.39 is 0 Å². The summed E-state index contributed by atoms with van der Waals surface area (Å²) in [7, 11) is 0. The maximum Gasteiger partial charge on any atom is 0.225 e. The number of amides is 1. The minimum atomic E-state index is -0.237. The van der Waals surface area contributed by atoms with E-state index in [2.05, 4.69) is 32.0 Å². The Kier molecular flexibility index (Phi) is 1.88. The number of carbonyl (C=O) groups is 1. The largest absolute Gasteiger partial charge is 0.369 e. The third-order valence-corrected chi connectivity index (χ3v) is 3.95. The molecule has 2 aromatic carbocycles. The van der Waals surface area contributed by atoms with E-state index in [0.717, 1.165) is 5.56 Å². The third-order valence-electron chi connectivity index (χ3n) is 3.95. The summed E-state index contributed by atoms with van der Waals surface area (Å²) in [6.07, 6.45) is 0. The summed E-state index contributed by atoms with van der Waals surface area (Å²) >= 11 is 0. The number of hydrogen-bond acceptors (Lipinski definition) is 1. The minimum Gasteiger partial charge on any atom is -0.369 e. The molecule has 0 heterocycles.